The molecule has 32 heavy (non-hydrogen) atoms. The molecule has 1 N–H and O–H groups in total. The zero-order valence-corrected chi connectivity index (χ0v) is 17.8. The molecule has 2 heterocycles. The third-order valence-corrected chi connectivity index (χ3v) is 5.01. The van der Waals surface area contributed by atoms with E-state index in [0.29, 0.717) is 49.7 Å². The van der Waals surface area contributed by atoms with E-state index >= 15 is 0 Å². The number of ether oxygens (including phenoxy) is 4. The Balaban J connectivity index is 1.29. The average Bonchev–Trinajstić information content (AvgIpc) is 3.19. The van der Waals surface area contributed by atoms with Crippen LogP contribution < -0.4 is 14.8 Å². The molecular formula is C24H25NO7. The molecule has 168 valence electrons. The van der Waals surface area contributed by atoms with Gasteiger partial charge in [0.2, 0.25) is 5.76 Å². The van der Waals surface area contributed by atoms with Crippen LogP contribution in [-0.4, -0.2) is 44.8 Å². The number of fused-ring (bicyclic) bond motifs is 2. The van der Waals surface area contributed by atoms with Crippen LogP contribution in [0.3, 0.4) is 0 Å². The van der Waals surface area contributed by atoms with E-state index in [1.165, 1.54) is 0 Å². The Labute approximate surface area is 185 Å². The Morgan fingerprint density at radius 1 is 1.06 bits per heavy atom. The monoisotopic (exact) mass is 439 g/mol. The van der Waals surface area contributed by atoms with Gasteiger partial charge >= 0.3 is 5.97 Å². The Kier molecular flexibility index (Phi) is 6.91. The number of rotatable bonds is 9. The predicted molar refractivity (Wildman–Crippen MR) is 116 cm³/mol. The molecule has 0 bridgehead atoms. The van der Waals surface area contributed by atoms with Gasteiger partial charge in [0.25, 0.3) is 5.91 Å². The van der Waals surface area contributed by atoms with E-state index < -0.39 is 18.5 Å². The molecule has 0 saturated heterocycles. The van der Waals surface area contributed by atoms with Crippen LogP contribution in [0.15, 0.2) is 46.9 Å². The molecule has 0 saturated carbocycles. The molecule has 8 heteroatoms. The van der Waals surface area contributed by atoms with E-state index in [0.717, 1.165) is 16.7 Å². The van der Waals surface area contributed by atoms with E-state index in [-0.39, 0.29) is 12.4 Å². The lowest BCUT2D eigenvalue weighted by molar-refractivity contribution is -0.124. The van der Waals surface area contributed by atoms with Crippen LogP contribution in [0, 0.1) is 0 Å². The van der Waals surface area contributed by atoms with Gasteiger partial charge < -0.3 is 28.7 Å². The maximum atomic E-state index is 12.6. The molecule has 8 nitrogen and oxygen atoms in total. The van der Waals surface area contributed by atoms with Crippen molar-refractivity contribution in [2.45, 2.75) is 20.0 Å². The van der Waals surface area contributed by atoms with E-state index in [4.69, 9.17) is 23.4 Å². The van der Waals surface area contributed by atoms with Gasteiger partial charge in [-0.15, -0.1) is 0 Å². The fourth-order valence-corrected chi connectivity index (χ4v) is 3.45. The van der Waals surface area contributed by atoms with Crippen molar-refractivity contribution in [3.8, 4) is 11.5 Å². The van der Waals surface area contributed by atoms with Crippen LogP contribution in [0.5, 0.6) is 11.5 Å². The third kappa shape index (κ3) is 5.03. The van der Waals surface area contributed by atoms with Crippen LogP contribution in [0.4, 0.5) is 0 Å². The van der Waals surface area contributed by atoms with Crippen LogP contribution in [0.25, 0.3) is 11.0 Å². The highest BCUT2D eigenvalue weighted by atomic mass is 16.6. The molecule has 3 aromatic rings. The Bertz CT molecular complexity index is 1100. The van der Waals surface area contributed by atoms with Crippen molar-refractivity contribution < 1.29 is 33.0 Å². The van der Waals surface area contributed by atoms with Gasteiger partial charge in [-0.3, -0.25) is 4.79 Å². The van der Waals surface area contributed by atoms with Crippen molar-refractivity contribution in [2.24, 2.45) is 0 Å². The molecule has 0 atom stereocenters. The SMILES string of the molecule is CCOCc1c(C(=O)OCC(=O)NCCc2ccc3c(c2)OCCO3)oc2ccccc12. The quantitative estimate of drug-likeness (QED) is 0.511. The molecular weight excluding hydrogens is 414 g/mol. The summed E-state index contributed by atoms with van der Waals surface area (Å²) in [6, 6.07) is 13.0. The Morgan fingerprint density at radius 2 is 1.88 bits per heavy atom. The molecule has 4 rings (SSSR count). The summed E-state index contributed by atoms with van der Waals surface area (Å²) in [4.78, 5) is 24.7. The van der Waals surface area contributed by atoms with E-state index in [9.17, 15) is 9.59 Å². The molecule has 0 radical (unpaired) electrons. The first-order valence-corrected chi connectivity index (χ1v) is 10.6. The second-order valence-electron chi connectivity index (χ2n) is 7.20. The first-order valence-electron chi connectivity index (χ1n) is 10.6. The average molecular weight is 439 g/mol. The minimum Gasteiger partial charge on any atom is -0.486 e. The molecule has 0 fully saturated rings. The van der Waals surface area contributed by atoms with Crippen LogP contribution in [0.1, 0.15) is 28.6 Å². The second kappa shape index (κ2) is 10.2. The van der Waals surface area contributed by atoms with Crippen LogP contribution in [0.2, 0.25) is 0 Å². The minimum atomic E-state index is -0.696. The Hall–Kier alpha value is -3.52. The van der Waals surface area contributed by atoms with Gasteiger partial charge in [-0.2, -0.15) is 0 Å². The second-order valence-corrected chi connectivity index (χ2v) is 7.20. The number of esters is 1. The normalized spacial score (nSPS) is 12.5. The molecule has 0 aliphatic carbocycles. The van der Waals surface area contributed by atoms with E-state index in [2.05, 4.69) is 5.32 Å². The van der Waals surface area contributed by atoms with E-state index in [1.807, 2.05) is 43.3 Å². The zero-order chi connectivity index (χ0) is 22.3. The van der Waals surface area contributed by atoms with Gasteiger partial charge in [-0.05, 0) is 37.1 Å². The summed E-state index contributed by atoms with van der Waals surface area (Å²) in [7, 11) is 0. The summed E-state index contributed by atoms with van der Waals surface area (Å²) in [5, 5.41) is 3.54. The van der Waals surface area contributed by atoms with Gasteiger partial charge in [-0.1, -0.05) is 24.3 Å². The summed E-state index contributed by atoms with van der Waals surface area (Å²) in [6.07, 6.45) is 0.610. The van der Waals surface area contributed by atoms with Gasteiger partial charge in [0.1, 0.15) is 18.8 Å². The first-order chi connectivity index (χ1) is 15.7. The van der Waals surface area contributed by atoms with Crippen molar-refractivity contribution in [1.82, 2.24) is 5.32 Å². The highest BCUT2D eigenvalue weighted by molar-refractivity contribution is 5.96. The third-order valence-electron chi connectivity index (χ3n) is 5.01. The molecule has 1 aliphatic rings. The van der Waals surface area contributed by atoms with Crippen molar-refractivity contribution in [2.75, 3.05) is 33.0 Å². The lowest BCUT2D eigenvalue weighted by Gasteiger charge is -2.18. The topological polar surface area (TPSA) is 96.2 Å². The highest BCUT2D eigenvalue weighted by Gasteiger charge is 2.22. The zero-order valence-electron chi connectivity index (χ0n) is 17.8. The van der Waals surface area contributed by atoms with Gasteiger partial charge in [0.05, 0.1) is 6.61 Å². The number of para-hydroxylation sites is 1. The van der Waals surface area contributed by atoms with Gasteiger partial charge in [0, 0.05) is 24.1 Å². The summed E-state index contributed by atoms with van der Waals surface area (Å²) >= 11 is 0. The minimum absolute atomic E-state index is 0.0590. The predicted octanol–water partition coefficient (Wildman–Crippen LogP) is 3.26. The maximum Gasteiger partial charge on any atom is 0.375 e. The number of furan rings is 1. The van der Waals surface area contributed by atoms with Crippen molar-refractivity contribution in [1.29, 1.82) is 0 Å². The van der Waals surface area contributed by atoms with E-state index in [1.54, 1.807) is 6.07 Å². The molecule has 1 aromatic heterocycles. The summed E-state index contributed by atoms with van der Waals surface area (Å²) in [6.45, 7) is 3.66. The molecule has 2 aromatic carbocycles. The first kappa shape index (κ1) is 21.7. The standard InChI is InChI=1S/C24H25NO7/c1-2-28-14-18-17-5-3-4-6-19(17)32-23(18)24(27)31-15-22(26)25-10-9-16-7-8-20-21(13-16)30-12-11-29-20/h3-8,13H,2,9-12,14-15H2,1H3,(H,25,26). The van der Waals surface area contributed by atoms with Crippen molar-refractivity contribution in [3.05, 3.63) is 59.4 Å². The molecule has 0 unspecified atom stereocenters. The van der Waals surface area contributed by atoms with Crippen molar-refractivity contribution in [3.63, 3.8) is 0 Å². The van der Waals surface area contributed by atoms with Crippen LogP contribution >= 0.6 is 0 Å². The smallest absolute Gasteiger partial charge is 0.375 e. The summed E-state index contributed by atoms with van der Waals surface area (Å²) in [5.41, 5.74) is 2.19. The number of hydrogen-bond donors (Lipinski definition) is 1. The fraction of sp³-hybridized carbons (Fsp3) is 0.333. The number of nitrogens with one attached hydrogen (secondary N) is 1. The number of amides is 1. The molecule has 1 amide bonds. The van der Waals surface area contributed by atoms with Gasteiger partial charge in [0.15, 0.2) is 18.1 Å². The van der Waals surface area contributed by atoms with Crippen molar-refractivity contribution >= 4 is 22.8 Å². The fourth-order valence-electron chi connectivity index (χ4n) is 3.45. The largest absolute Gasteiger partial charge is 0.486 e. The lowest BCUT2D eigenvalue weighted by Crippen LogP contribution is -2.30. The molecule has 1 aliphatic heterocycles. The number of carbonyl (C=O) groups excluding carboxylic acids is 2. The highest BCUT2D eigenvalue weighted by Crippen LogP contribution is 2.31. The molecule has 0 spiro atoms. The number of benzene rings is 2. The summed E-state index contributed by atoms with van der Waals surface area (Å²) < 4.78 is 27.4. The number of hydrogen-bond acceptors (Lipinski definition) is 7. The maximum absolute atomic E-state index is 12.6. The van der Waals surface area contributed by atoms with Crippen LogP contribution in [-0.2, 0) is 27.3 Å². The summed E-state index contributed by atoms with van der Waals surface area (Å²) in [5.74, 6) is 0.410. The number of carbonyl (C=O) groups is 2. The lowest BCUT2D eigenvalue weighted by atomic mass is 10.1. The van der Waals surface area contributed by atoms with Gasteiger partial charge in [-0.25, -0.2) is 4.79 Å². The Morgan fingerprint density at radius 3 is 2.72 bits per heavy atom.